The number of rotatable bonds is 2. The lowest BCUT2D eigenvalue weighted by molar-refractivity contribution is -0.139. The van der Waals surface area contributed by atoms with Crippen LogP contribution in [0, 0.1) is 5.92 Å². The molecular weight excluding hydrogens is 224 g/mol. The van der Waals surface area contributed by atoms with Gasteiger partial charge in [0.1, 0.15) is 5.75 Å². The molecule has 1 aromatic carbocycles. The average molecular weight is 239 g/mol. The highest BCUT2D eigenvalue weighted by Gasteiger charge is 2.22. The van der Waals surface area contributed by atoms with Gasteiger partial charge in [-0.25, -0.2) is 0 Å². The van der Waals surface area contributed by atoms with Crippen molar-refractivity contribution in [1.82, 2.24) is 0 Å². The molecule has 0 bridgehead atoms. The predicted molar refractivity (Wildman–Crippen MR) is 63.7 cm³/mol. The maximum atomic E-state index is 11.8. The third-order valence-electron chi connectivity index (χ3n) is 2.97. The molecule has 0 unspecified atom stereocenters. The summed E-state index contributed by atoms with van der Waals surface area (Å²) < 4.78 is 5.31. The second-order valence-electron chi connectivity index (χ2n) is 4.21. The highest BCUT2D eigenvalue weighted by molar-refractivity contribution is 6.30. The van der Waals surface area contributed by atoms with Gasteiger partial charge in [0.05, 0.1) is 5.92 Å². The zero-order chi connectivity index (χ0) is 11.4. The van der Waals surface area contributed by atoms with Crippen molar-refractivity contribution in [2.45, 2.75) is 32.1 Å². The summed E-state index contributed by atoms with van der Waals surface area (Å²) in [4.78, 5) is 11.8. The smallest absolute Gasteiger partial charge is 0.314 e. The van der Waals surface area contributed by atoms with Gasteiger partial charge in [-0.1, -0.05) is 30.9 Å². The Labute approximate surface area is 101 Å². The number of esters is 1. The predicted octanol–water partition coefficient (Wildman–Crippen LogP) is 3.83. The number of carbonyl (C=O) groups is 1. The Bertz CT molecular complexity index is 353. The maximum Gasteiger partial charge on any atom is 0.314 e. The second kappa shape index (κ2) is 5.35. The van der Waals surface area contributed by atoms with Gasteiger partial charge in [-0.05, 0) is 37.1 Å². The molecule has 1 aromatic rings. The first kappa shape index (κ1) is 11.5. The largest absolute Gasteiger partial charge is 0.426 e. The van der Waals surface area contributed by atoms with Crippen LogP contribution in [0.4, 0.5) is 0 Å². The third-order valence-corrected chi connectivity index (χ3v) is 3.22. The third kappa shape index (κ3) is 2.99. The summed E-state index contributed by atoms with van der Waals surface area (Å²) in [5.41, 5.74) is 0. The van der Waals surface area contributed by atoms with Gasteiger partial charge < -0.3 is 4.74 Å². The number of hydrogen-bond donors (Lipinski definition) is 0. The van der Waals surface area contributed by atoms with Crippen molar-refractivity contribution in [3.8, 4) is 5.75 Å². The minimum atomic E-state index is -0.0953. The molecule has 86 valence electrons. The Kier molecular flexibility index (Phi) is 3.83. The van der Waals surface area contributed by atoms with Crippen LogP contribution < -0.4 is 4.74 Å². The quantitative estimate of drug-likeness (QED) is 0.578. The molecule has 0 saturated heterocycles. The molecular formula is C13H15ClO2. The summed E-state index contributed by atoms with van der Waals surface area (Å²) in [5.74, 6) is 0.575. The zero-order valence-corrected chi connectivity index (χ0v) is 9.87. The average Bonchev–Trinajstić information content (AvgIpc) is 2.33. The van der Waals surface area contributed by atoms with E-state index in [2.05, 4.69) is 0 Å². The van der Waals surface area contributed by atoms with Crippen molar-refractivity contribution in [1.29, 1.82) is 0 Å². The van der Waals surface area contributed by atoms with Crippen LogP contribution in [-0.2, 0) is 4.79 Å². The molecule has 0 aliphatic heterocycles. The topological polar surface area (TPSA) is 26.3 Å². The molecule has 0 atom stereocenters. The van der Waals surface area contributed by atoms with Gasteiger partial charge >= 0.3 is 5.97 Å². The summed E-state index contributed by atoms with van der Waals surface area (Å²) in [6, 6.07) is 6.90. The van der Waals surface area contributed by atoms with E-state index in [1.54, 1.807) is 24.3 Å². The van der Waals surface area contributed by atoms with Crippen LogP contribution in [0.25, 0.3) is 0 Å². The molecule has 0 aromatic heterocycles. The van der Waals surface area contributed by atoms with E-state index in [0.717, 1.165) is 25.7 Å². The Morgan fingerprint density at radius 2 is 1.75 bits per heavy atom. The molecule has 1 aliphatic carbocycles. The minimum absolute atomic E-state index is 0.0874. The van der Waals surface area contributed by atoms with Crippen molar-refractivity contribution >= 4 is 17.6 Å². The van der Waals surface area contributed by atoms with Crippen LogP contribution >= 0.6 is 11.6 Å². The molecule has 0 spiro atoms. The molecule has 16 heavy (non-hydrogen) atoms. The van der Waals surface area contributed by atoms with E-state index in [1.807, 2.05) is 0 Å². The molecule has 1 fully saturated rings. The summed E-state index contributed by atoms with van der Waals surface area (Å²) >= 11 is 5.76. The molecule has 2 rings (SSSR count). The Morgan fingerprint density at radius 3 is 2.38 bits per heavy atom. The lowest BCUT2D eigenvalue weighted by atomic mass is 9.89. The van der Waals surface area contributed by atoms with E-state index in [0.29, 0.717) is 10.8 Å². The first-order valence-corrected chi connectivity index (χ1v) is 6.11. The van der Waals surface area contributed by atoms with Crippen LogP contribution in [0.15, 0.2) is 24.3 Å². The zero-order valence-electron chi connectivity index (χ0n) is 9.12. The summed E-state index contributed by atoms with van der Waals surface area (Å²) in [5, 5.41) is 0.650. The van der Waals surface area contributed by atoms with Crippen LogP contribution in [-0.4, -0.2) is 5.97 Å². The summed E-state index contributed by atoms with van der Waals surface area (Å²) in [6.45, 7) is 0. The van der Waals surface area contributed by atoms with Crippen LogP contribution in [0.3, 0.4) is 0 Å². The normalized spacial score (nSPS) is 17.1. The number of benzene rings is 1. The maximum absolute atomic E-state index is 11.8. The molecule has 0 N–H and O–H groups in total. The van der Waals surface area contributed by atoms with Gasteiger partial charge in [0, 0.05) is 5.02 Å². The Hall–Kier alpha value is -1.02. The second-order valence-corrected chi connectivity index (χ2v) is 4.65. The van der Waals surface area contributed by atoms with Gasteiger partial charge in [-0.3, -0.25) is 4.79 Å². The van der Waals surface area contributed by atoms with Crippen molar-refractivity contribution in [3.63, 3.8) is 0 Å². The molecule has 2 nitrogen and oxygen atoms in total. The number of ether oxygens (including phenoxy) is 1. The molecule has 0 heterocycles. The summed E-state index contributed by atoms with van der Waals surface area (Å²) in [6.07, 6.45) is 5.45. The minimum Gasteiger partial charge on any atom is -0.426 e. The number of hydrogen-bond acceptors (Lipinski definition) is 2. The van der Waals surface area contributed by atoms with Crippen LogP contribution in [0.2, 0.25) is 5.02 Å². The van der Waals surface area contributed by atoms with Crippen molar-refractivity contribution < 1.29 is 9.53 Å². The highest BCUT2D eigenvalue weighted by atomic mass is 35.5. The number of halogens is 1. The molecule has 0 radical (unpaired) electrons. The summed E-state index contributed by atoms with van der Waals surface area (Å²) in [7, 11) is 0. The fourth-order valence-corrected chi connectivity index (χ4v) is 2.17. The highest BCUT2D eigenvalue weighted by Crippen LogP contribution is 2.25. The van der Waals surface area contributed by atoms with Crippen molar-refractivity contribution in [2.75, 3.05) is 0 Å². The fourth-order valence-electron chi connectivity index (χ4n) is 2.04. The Morgan fingerprint density at radius 1 is 1.12 bits per heavy atom. The van der Waals surface area contributed by atoms with Crippen LogP contribution in [0.5, 0.6) is 5.75 Å². The van der Waals surface area contributed by atoms with E-state index >= 15 is 0 Å². The first-order chi connectivity index (χ1) is 7.75. The lowest BCUT2D eigenvalue weighted by Gasteiger charge is -2.19. The van der Waals surface area contributed by atoms with Crippen molar-refractivity contribution in [3.05, 3.63) is 29.3 Å². The van der Waals surface area contributed by atoms with Gasteiger partial charge in [0.15, 0.2) is 0 Å². The number of carbonyl (C=O) groups excluding carboxylic acids is 1. The standard InChI is InChI=1S/C13H15ClO2/c14-11-6-8-12(9-7-11)16-13(15)10-4-2-1-3-5-10/h6-10H,1-5H2. The molecule has 1 aliphatic rings. The molecule has 0 amide bonds. The van der Waals surface area contributed by atoms with Crippen molar-refractivity contribution in [2.24, 2.45) is 5.92 Å². The Balaban J connectivity index is 1.93. The lowest BCUT2D eigenvalue weighted by Crippen LogP contribution is -2.22. The monoisotopic (exact) mass is 238 g/mol. The van der Waals surface area contributed by atoms with Gasteiger partial charge in [0.25, 0.3) is 0 Å². The molecule has 3 heteroatoms. The van der Waals surface area contributed by atoms with Crippen LogP contribution in [0.1, 0.15) is 32.1 Å². The van der Waals surface area contributed by atoms with E-state index in [-0.39, 0.29) is 11.9 Å². The first-order valence-electron chi connectivity index (χ1n) is 5.73. The molecule has 1 saturated carbocycles. The SMILES string of the molecule is O=C(Oc1ccc(Cl)cc1)C1CCCCC1. The van der Waals surface area contributed by atoms with Gasteiger partial charge in [0.2, 0.25) is 0 Å². The van der Waals surface area contributed by atoms with Gasteiger partial charge in [-0.2, -0.15) is 0 Å². The van der Waals surface area contributed by atoms with E-state index in [9.17, 15) is 4.79 Å². The van der Waals surface area contributed by atoms with E-state index in [1.165, 1.54) is 6.42 Å². The fraction of sp³-hybridized carbons (Fsp3) is 0.462. The van der Waals surface area contributed by atoms with Gasteiger partial charge in [-0.15, -0.1) is 0 Å². The van der Waals surface area contributed by atoms with E-state index < -0.39 is 0 Å². The van der Waals surface area contributed by atoms with E-state index in [4.69, 9.17) is 16.3 Å².